The maximum absolute atomic E-state index is 12.8. The van der Waals surface area contributed by atoms with Crippen molar-refractivity contribution >= 4 is 10.0 Å². The van der Waals surface area contributed by atoms with E-state index in [-0.39, 0.29) is 11.8 Å². The first kappa shape index (κ1) is 33.4. The molecule has 0 aliphatic rings. The molecule has 0 amide bonds. The van der Waals surface area contributed by atoms with Gasteiger partial charge in [0.25, 0.3) is 0 Å². The zero-order chi connectivity index (χ0) is 28.2. The van der Waals surface area contributed by atoms with Crippen molar-refractivity contribution in [3.63, 3.8) is 0 Å². The summed E-state index contributed by atoms with van der Waals surface area (Å²) in [5.41, 5.74) is 2.74. The number of unbranched alkanes of at least 4 members (excludes halogenated alkanes) is 2. The average molecular weight is 538 g/mol. The van der Waals surface area contributed by atoms with Crippen LogP contribution in [0.4, 0.5) is 0 Å². The number of nitrogens with zero attached hydrogens (tertiary/aromatic N) is 3. The fourth-order valence-electron chi connectivity index (χ4n) is 4.43. The van der Waals surface area contributed by atoms with Crippen LogP contribution in [0.25, 0.3) is 0 Å². The van der Waals surface area contributed by atoms with Gasteiger partial charge in [-0.15, -0.1) is 0 Å². The molecule has 6 heteroatoms. The van der Waals surface area contributed by atoms with E-state index in [0.29, 0.717) is 13.1 Å². The molecular weight excluding hydrogens is 490 g/mol. The molecular formula is C32H47N3O2S. The van der Waals surface area contributed by atoms with Crippen LogP contribution in [-0.2, 0) is 16.4 Å². The molecule has 0 aliphatic carbocycles. The van der Waals surface area contributed by atoms with Crippen molar-refractivity contribution in [2.75, 3.05) is 13.1 Å². The first-order valence-corrected chi connectivity index (χ1v) is 15.7. The van der Waals surface area contributed by atoms with Gasteiger partial charge >= 0.3 is 0 Å². The fraction of sp³-hybridized carbons (Fsp3) is 0.562. The maximum atomic E-state index is 12.8. The van der Waals surface area contributed by atoms with Crippen molar-refractivity contribution in [1.82, 2.24) is 4.31 Å². The average Bonchev–Trinajstić information content (AvgIpc) is 2.94. The van der Waals surface area contributed by atoms with Gasteiger partial charge in [0, 0.05) is 13.1 Å². The monoisotopic (exact) mass is 537 g/mol. The summed E-state index contributed by atoms with van der Waals surface area (Å²) in [6.45, 7) is 9.24. The number of sulfonamides is 1. The summed E-state index contributed by atoms with van der Waals surface area (Å²) in [6.07, 6.45) is 9.10. The van der Waals surface area contributed by atoms with E-state index in [1.165, 1.54) is 15.4 Å². The highest BCUT2D eigenvalue weighted by atomic mass is 32.2. The molecule has 0 saturated carbocycles. The molecule has 0 bridgehead atoms. The SMILES string of the molecule is CCCCC(CC)CN(CC(CC)CCCC)S(=O)(=O)C(C#N)C#N.c1ccc(Cc2ccccc2)cc1. The van der Waals surface area contributed by atoms with Crippen molar-refractivity contribution < 1.29 is 8.42 Å². The van der Waals surface area contributed by atoms with Gasteiger partial charge in [-0.25, -0.2) is 8.42 Å². The molecule has 5 nitrogen and oxygen atoms in total. The Balaban J connectivity index is 0.000000457. The van der Waals surface area contributed by atoms with Crippen LogP contribution in [-0.4, -0.2) is 31.1 Å². The highest BCUT2D eigenvalue weighted by molar-refractivity contribution is 7.90. The molecule has 0 saturated heterocycles. The van der Waals surface area contributed by atoms with E-state index in [2.05, 4.69) is 88.4 Å². The summed E-state index contributed by atoms with van der Waals surface area (Å²) in [5.74, 6) is 0.549. The third kappa shape index (κ3) is 12.2. The molecule has 2 unspecified atom stereocenters. The molecule has 2 atom stereocenters. The molecule has 2 aromatic carbocycles. The van der Waals surface area contributed by atoms with Crippen molar-refractivity contribution in [1.29, 1.82) is 10.5 Å². The molecule has 0 radical (unpaired) electrons. The molecule has 2 rings (SSSR count). The number of hydrogen-bond acceptors (Lipinski definition) is 4. The van der Waals surface area contributed by atoms with Crippen LogP contribution in [0.2, 0.25) is 0 Å². The van der Waals surface area contributed by atoms with Gasteiger partial charge in [0.05, 0.1) is 12.1 Å². The Hall–Kier alpha value is -2.67. The van der Waals surface area contributed by atoms with Gasteiger partial charge in [-0.05, 0) is 42.2 Å². The third-order valence-electron chi connectivity index (χ3n) is 7.00. The van der Waals surface area contributed by atoms with E-state index in [4.69, 9.17) is 10.5 Å². The molecule has 2 aromatic rings. The van der Waals surface area contributed by atoms with Gasteiger partial charge in [-0.2, -0.15) is 14.8 Å². The number of rotatable bonds is 16. The van der Waals surface area contributed by atoms with Gasteiger partial charge in [-0.1, -0.05) is 127 Å². The fourth-order valence-corrected chi connectivity index (χ4v) is 5.83. The van der Waals surface area contributed by atoms with E-state index in [1.54, 1.807) is 12.1 Å². The lowest BCUT2D eigenvalue weighted by Gasteiger charge is -2.30. The number of nitriles is 2. The Morgan fingerprint density at radius 3 is 1.42 bits per heavy atom. The normalized spacial score (nSPS) is 12.7. The van der Waals surface area contributed by atoms with Crippen LogP contribution in [0, 0.1) is 34.5 Å². The highest BCUT2D eigenvalue weighted by Crippen LogP contribution is 2.22. The van der Waals surface area contributed by atoms with Gasteiger partial charge < -0.3 is 0 Å². The highest BCUT2D eigenvalue weighted by Gasteiger charge is 2.34. The zero-order valence-electron chi connectivity index (χ0n) is 23.9. The second-order valence-corrected chi connectivity index (χ2v) is 12.0. The zero-order valence-corrected chi connectivity index (χ0v) is 24.7. The molecule has 0 aromatic heterocycles. The summed E-state index contributed by atoms with van der Waals surface area (Å²) in [7, 11) is -3.91. The molecule has 0 aliphatic heterocycles. The van der Waals surface area contributed by atoms with Gasteiger partial charge in [0.2, 0.25) is 15.3 Å². The van der Waals surface area contributed by atoms with Crippen molar-refractivity contribution in [2.24, 2.45) is 11.8 Å². The van der Waals surface area contributed by atoms with Gasteiger partial charge in [0.1, 0.15) is 0 Å². The van der Waals surface area contributed by atoms with E-state index in [1.807, 2.05) is 0 Å². The predicted octanol–water partition coefficient (Wildman–Crippen LogP) is 7.74. The van der Waals surface area contributed by atoms with Crippen LogP contribution in [0.3, 0.4) is 0 Å². The van der Waals surface area contributed by atoms with Crippen LogP contribution in [0.5, 0.6) is 0 Å². The summed E-state index contributed by atoms with van der Waals surface area (Å²) < 4.78 is 27.1. The van der Waals surface area contributed by atoms with Crippen LogP contribution < -0.4 is 0 Å². The lowest BCUT2D eigenvalue weighted by Crippen LogP contribution is -2.43. The van der Waals surface area contributed by atoms with Gasteiger partial charge in [0.15, 0.2) is 0 Å². The van der Waals surface area contributed by atoms with Crippen LogP contribution >= 0.6 is 0 Å². The predicted molar refractivity (Wildman–Crippen MR) is 158 cm³/mol. The Kier molecular flexibility index (Phi) is 17.0. The lowest BCUT2D eigenvalue weighted by molar-refractivity contribution is 0.270. The molecule has 0 heterocycles. The van der Waals surface area contributed by atoms with Crippen molar-refractivity contribution in [3.8, 4) is 12.1 Å². The second-order valence-electron chi connectivity index (χ2n) is 9.98. The Bertz CT molecular complexity index is 990. The smallest absolute Gasteiger partial charge is 0.210 e. The summed E-state index contributed by atoms with van der Waals surface area (Å²) in [4.78, 5) is 0. The van der Waals surface area contributed by atoms with E-state index in [9.17, 15) is 8.42 Å². The van der Waals surface area contributed by atoms with Gasteiger partial charge in [-0.3, -0.25) is 0 Å². The van der Waals surface area contributed by atoms with Crippen LogP contribution in [0.1, 0.15) is 90.2 Å². The van der Waals surface area contributed by atoms with E-state index >= 15 is 0 Å². The maximum Gasteiger partial charge on any atom is 0.247 e. The molecule has 208 valence electrons. The Morgan fingerprint density at radius 1 is 0.711 bits per heavy atom. The Labute approximate surface area is 232 Å². The lowest BCUT2D eigenvalue weighted by atomic mass is 9.97. The van der Waals surface area contributed by atoms with Crippen molar-refractivity contribution in [3.05, 3.63) is 71.8 Å². The standard InChI is InChI=1S/C19H35N3O2S.C13H12/c1-5-9-11-17(7-3)15-22(16-18(8-4)12-10-6-2)25(23,24)19(13-20)14-21;1-3-7-12(8-4-1)11-13-9-5-2-6-10-13/h17-19H,5-12,15-16H2,1-4H3;1-10H,11H2. The van der Waals surface area contributed by atoms with Crippen molar-refractivity contribution in [2.45, 2.75) is 90.7 Å². The minimum atomic E-state index is -3.91. The molecule has 0 N–H and O–H groups in total. The first-order valence-electron chi connectivity index (χ1n) is 14.2. The van der Waals surface area contributed by atoms with E-state index in [0.717, 1.165) is 57.8 Å². The summed E-state index contributed by atoms with van der Waals surface area (Å²) in [5, 5.41) is 16.6. The Morgan fingerprint density at radius 2 is 1.11 bits per heavy atom. The second kappa shape index (κ2) is 19.4. The van der Waals surface area contributed by atoms with Crippen LogP contribution in [0.15, 0.2) is 60.7 Å². The molecule has 0 spiro atoms. The first-order chi connectivity index (χ1) is 18.4. The summed E-state index contributed by atoms with van der Waals surface area (Å²) in [6, 6.07) is 24.4. The number of hydrogen-bond donors (Lipinski definition) is 0. The summed E-state index contributed by atoms with van der Waals surface area (Å²) >= 11 is 0. The minimum absolute atomic E-state index is 0.274. The largest absolute Gasteiger partial charge is 0.247 e. The third-order valence-corrected chi connectivity index (χ3v) is 8.82. The van der Waals surface area contributed by atoms with E-state index < -0.39 is 15.3 Å². The molecule has 0 fully saturated rings. The quantitative estimate of drug-likeness (QED) is 0.219. The minimum Gasteiger partial charge on any atom is -0.210 e. The molecule has 38 heavy (non-hydrogen) atoms. The number of benzene rings is 2. The topological polar surface area (TPSA) is 85.0 Å².